The number of hydrogen-bond donors (Lipinski definition) is 2. The van der Waals surface area contributed by atoms with Crippen LogP contribution in [0.3, 0.4) is 0 Å². The highest BCUT2D eigenvalue weighted by molar-refractivity contribution is 5.94. The molecule has 0 saturated heterocycles. The van der Waals surface area contributed by atoms with Crippen LogP contribution in [-0.2, 0) is 11.3 Å². The van der Waals surface area contributed by atoms with Crippen molar-refractivity contribution in [2.24, 2.45) is 5.73 Å². The number of nitrogens with zero attached hydrogens (tertiary/aromatic N) is 1. The van der Waals surface area contributed by atoms with Crippen LogP contribution in [0, 0.1) is 27.7 Å². The minimum absolute atomic E-state index is 0.0837. The number of aromatic nitrogens is 1. The lowest BCUT2D eigenvalue weighted by Crippen LogP contribution is -2.35. The van der Waals surface area contributed by atoms with E-state index in [1.165, 1.54) is 4.57 Å². The number of carbonyl (C=O) groups is 2. The highest BCUT2D eigenvalue weighted by atomic mass is 16.2. The Morgan fingerprint density at radius 1 is 1.04 bits per heavy atom. The number of anilines is 1. The maximum absolute atomic E-state index is 12.4. The average Bonchev–Trinajstić information content (AvgIpc) is 2.46. The summed E-state index contributed by atoms with van der Waals surface area (Å²) in [5.74, 6) is -1.14. The molecule has 2 amide bonds. The lowest BCUT2D eigenvalue weighted by Gasteiger charge is -2.13. The van der Waals surface area contributed by atoms with E-state index >= 15 is 0 Å². The van der Waals surface area contributed by atoms with E-state index in [1.54, 1.807) is 26.0 Å². The molecule has 0 saturated carbocycles. The summed E-state index contributed by atoms with van der Waals surface area (Å²) < 4.78 is 1.25. The Labute approximate surface area is 140 Å². The van der Waals surface area contributed by atoms with E-state index < -0.39 is 11.5 Å². The van der Waals surface area contributed by atoms with Gasteiger partial charge < -0.3 is 15.6 Å². The van der Waals surface area contributed by atoms with Crippen LogP contribution in [0.5, 0.6) is 0 Å². The largest absolute Gasteiger partial charge is 0.365 e. The molecule has 0 atom stereocenters. The molecule has 0 bridgehead atoms. The normalized spacial score (nSPS) is 10.5. The average molecular weight is 327 g/mol. The van der Waals surface area contributed by atoms with Gasteiger partial charge in [-0.2, -0.15) is 0 Å². The third-order valence-electron chi connectivity index (χ3n) is 4.04. The van der Waals surface area contributed by atoms with Gasteiger partial charge in [-0.1, -0.05) is 6.07 Å². The van der Waals surface area contributed by atoms with Gasteiger partial charge in [0, 0.05) is 11.4 Å². The quantitative estimate of drug-likeness (QED) is 0.897. The molecule has 1 aromatic heterocycles. The Hall–Kier alpha value is -2.89. The van der Waals surface area contributed by atoms with Gasteiger partial charge in [0.05, 0.1) is 0 Å². The molecule has 2 rings (SSSR count). The Bertz CT molecular complexity index is 882. The summed E-state index contributed by atoms with van der Waals surface area (Å²) >= 11 is 0. The summed E-state index contributed by atoms with van der Waals surface area (Å²) in [7, 11) is 0. The first kappa shape index (κ1) is 17.5. The first-order valence-electron chi connectivity index (χ1n) is 7.58. The molecule has 0 aliphatic carbocycles. The van der Waals surface area contributed by atoms with E-state index in [9.17, 15) is 14.4 Å². The minimum Gasteiger partial charge on any atom is -0.365 e. The molecule has 0 fully saturated rings. The summed E-state index contributed by atoms with van der Waals surface area (Å²) in [6, 6.07) is 7.26. The maximum Gasteiger partial charge on any atom is 0.264 e. The highest BCUT2D eigenvalue weighted by Gasteiger charge is 2.16. The van der Waals surface area contributed by atoms with Crippen LogP contribution in [0.15, 0.2) is 29.1 Å². The van der Waals surface area contributed by atoms with Gasteiger partial charge >= 0.3 is 0 Å². The summed E-state index contributed by atoms with van der Waals surface area (Å²) in [6.07, 6.45) is 0. The van der Waals surface area contributed by atoms with E-state index in [4.69, 9.17) is 5.73 Å². The van der Waals surface area contributed by atoms with Crippen LogP contribution in [-0.4, -0.2) is 16.4 Å². The lowest BCUT2D eigenvalue weighted by atomic mass is 10.1. The molecule has 2 aromatic rings. The molecule has 126 valence electrons. The van der Waals surface area contributed by atoms with E-state index in [-0.39, 0.29) is 18.0 Å². The SMILES string of the molecule is Cc1ccc(NC(=O)Cn2c(C)cc(C)c(C(N)=O)c2=O)cc1C. The zero-order chi connectivity index (χ0) is 18.0. The van der Waals surface area contributed by atoms with Gasteiger partial charge in [0.15, 0.2) is 0 Å². The molecule has 1 heterocycles. The van der Waals surface area contributed by atoms with Crippen LogP contribution in [0.4, 0.5) is 5.69 Å². The first-order valence-corrected chi connectivity index (χ1v) is 7.58. The minimum atomic E-state index is -0.791. The van der Waals surface area contributed by atoms with Crippen molar-refractivity contribution < 1.29 is 9.59 Å². The zero-order valence-corrected chi connectivity index (χ0v) is 14.3. The van der Waals surface area contributed by atoms with E-state index in [0.29, 0.717) is 16.9 Å². The lowest BCUT2D eigenvalue weighted by molar-refractivity contribution is -0.116. The number of amides is 2. The third-order valence-corrected chi connectivity index (χ3v) is 4.04. The summed E-state index contributed by atoms with van der Waals surface area (Å²) in [6.45, 7) is 7.12. The number of carbonyl (C=O) groups excluding carboxylic acids is 2. The van der Waals surface area contributed by atoms with Gasteiger partial charge in [0.1, 0.15) is 12.1 Å². The first-order chi connectivity index (χ1) is 11.2. The second-order valence-corrected chi connectivity index (χ2v) is 5.95. The van der Waals surface area contributed by atoms with Crippen molar-refractivity contribution in [2.45, 2.75) is 34.2 Å². The number of pyridine rings is 1. The third kappa shape index (κ3) is 3.53. The van der Waals surface area contributed by atoms with Crippen LogP contribution in [0.1, 0.15) is 32.7 Å². The molecule has 24 heavy (non-hydrogen) atoms. The predicted octanol–water partition coefficient (Wildman–Crippen LogP) is 1.82. The monoisotopic (exact) mass is 327 g/mol. The fourth-order valence-electron chi connectivity index (χ4n) is 2.59. The van der Waals surface area contributed by atoms with Crippen molar-refractivity contribution in [3.05, 3.63) is 62.6 Å². The Morgan fingerprint density at radius 2 is 1.71 bits per heavy atom. The second-order valence-electron chi connectivity index (χ2n) is 5.95. The number of rotatable bonds is 4. The van der Waals surface area contributed by atoms with Gasteiger partial charge in [-0.3, -0.25) is 14.4 Å². The van der Waals surface area contributed by atoms with E-state index in [2.05, 4.69) is 5.32 Å². The van der Waals surface area contributed by atoms with Crippen LogP contribution < -0.4 is 16.6 Å². The Balaban J connectivity index is 2.29. The molecule has 0 aliphatic rings. The molecular weight excluding hydrogens is 306 g/mol. The van der Waals surface area contributed by atoms with Gasteiger partial charge in [-0.05, 0) is 62.6 Å². The van der Waals surface area contributed by atoms with Crippen LogP contribution in [0.25, 0.3) is 0 Å². The van der Waals surface area contributed by atoms with Gasteiger partial charge in [-0.15, -0.1) is 0 Å². The summed E-state index contributed by atoms with van der Waals surface area (Å²) in [4.78, 5) is 36.1. The molecule has 0 spiro atoms. The predicted molar refractivity (Wildman–Crippen MR) is 93.2 cm³/mol. The molecule has 6 heteroatoms. The second kappa shape index (κ2) is 6.70. The van der Waals surface area contributed by atoms with E-state index in [0.717, 1.165) is 11.1 Å². The number of hydrogen-bond acceptors (Lipinski definition) is 3. The zero-order valence-electron chi connectivity index (χ0n) is 14.3. The highest BCUT2D eigenvalue weighted by Crippen LogP contribution is 2.14. The van der Waals surface area contributed by atoms with Gasteiger partial charge in [0.2, 0.25) is 5.91 Å². The molecular formula is C18H21N3O3. The fourth-order valence-corrected chi connectivity index (χ4v) is 2.59. The molecule has 0 aliphatic heterocycles. The van der Waals surface area contributed by atoms with Crippen molar-refractivity contribution in [3.8, 4) is 0 Å². The van der Waals surface area contributed by atoms with Crippen molar-refractivity contribution >= 4 is 17.5 Å². The van der Waals surface area contributed by atoms with E-state index in [1.807, 2.05) is 26.0 Å². The van der Waals surface area contributed by atoms with Crippen molar-refractivity contribution in [2.75, 3.05) is 5.32 Å². The number of nitrogens with one attached hydrogen (secondary N) is 1. The topological polar surface area (TPSA) is 94.2 Å². The molecule has 0 radical (unpaired) electrons. The number of benzene rings is 1. The van der Waals surface area contributed by atoms with Crippen molar-refractivity contribution in [1.82, 2.24) is 4.57 Å². The maximum atomic E-state index is 12.4. The standard InChI is InChI=1S/C18H21N3O3/c1-10-5-6-14(8-11(10)2)20-15(22)9-21-13(4)7-12(3)16(17(19)23)18(21)24/h5-8H,9H2,1-4H3,(H2,19,23)(H,20,22). The van der Waals surface area contributed by atoms with Crippen LogP contribution in [0.2, 0.25) is 0 Å². The smallest absolute Gasteiger partial charge is 0.264 e. The Morgan fingerprint density at radius 3 is 2.29 bits per heavy atom. The molecule has 1 aromatic carbocycles. The van der Waals surface area contributed by atoms with Crippen molar-refractivity contribution in [1.29, 1.82) is 0 Å². The van der Waals surface area contributed by atoms with Gasteiger partial charge in [-0.25, -0.2) is 0 Å². The number of nitrogens with two attached hydrogens (primary N) is 1. The summed E-state index contributed by atoms with van der Waals surface area (Å²) in [5.41, 5.74) is 8.60. The molecule has 0 unspecified atom stereocenters. The number of primary amides is 1. The van der Waals surface area contributed by atoms with Gasteiger partial charge in [0.25, 0.3) is 11.5 Å². The fraction of sp³-hybridized carbons (Fsp3) is 0.278. The van der Waals surface area contributed by atoms with Crippen molar-refractivity contribution in [3.63, 3.8) is 0 Å². The summed E-state index contributed by atoms with van der Waals surface area (Å²) in [5, 5.41) is 2.76. The van der Waals surface area contributed by atoms with Crippen LogP contribution >= 0.6 is 0 Å². The Kier molecular flexibility index (Phi) is 4.87. The number of aryl methyl sites for hydroxylation is 4. The molecule has 6 nitrogen and oxygen atoms in total. The molecule has 3 N–H and O–H groups in total.